The Balaban J connectivity index is 0.000000151. The van der Waals surface area contributed by atoms with Crippen LogP contribution in [0.5, 0.6) is 0 Å². The quantitative estimate of drug-likeness (QED) is 0.576. The molecule has 1 aromatic rings. The Morgan fingerprint density at radius 2 is 1.60 bits per heavy atom. The molecule has 0 amide bonds. The third-order valence-corrected chi connectivity index (χ3v) is 7.26. The van der Waals surface area contributed by atoms with Gasteiger partial charge in [-0.1, -0.05) is 70.9 Å². The Labute approximate surface area is 154 Å². The van der Waals surface area contributed by atoms with Gasteiger partial charge in [-0.15, -0.1) is 0 Å². The lowest BCUT2D eigenvalue weighted by Crippen LogP contribution is -2.42. The van der Waals surface area contributed by atoms with Crippen molar-refractivity contribution in [2.45, 2.75) is 84.0 Å². The monoisotopic (exact) mass is 337 g/mol. The van der Waals surface area contributed by atoms with Crippen molar-refractivity contribution in [1.29, 1.82) is 5.26 Å². The van der Waals surface area contributed by atoms with E-state index in [1.807, 2.05) is 12.1 Å². The lowest BCUT2D eigenvalue weighted by molar-refractivity contribution is 0.0216. The molecule has 0 aromatic heterocycles. The van der Waals surface area contributed by atoms with Crippen LogP contribution in [0, 0.1) is 35.0 Å². The third-order valence-electron chi connectivity index (χ3n) is 7.26. The fraction of sp³-hybridized carbons (Fsp3) is 0.708. The Kier molecular flexibility index (Phi) is 6.57. The van der Waals surface area contributed by atoms with Crippen LogP contribution in [0.15, 0.2) is 24.3 Å². The SMILES string of the molecule is CCCC1CCC(CC)CC1.N#Cc1ccc(C2CC3CCC32)cc1. The van der Waals surface area contributed by atoms with E-state index in [1.165, 1.54) is 69.8 Å². The topological polar surface area (TPSA) is 23.8 Å². The summed E-state index contributed by atoms with van der Waals surface area (Å²) >= 11 is 0. The van der Waals surface area contributed by atoms with Gasteiger partial charge in [0.15, 0.2) is 0 Å². The molecule has 0 spiro atoms. The predicted molar refractivity (Wildman–Crippen MR) is 105 cm³/mol. The minimum Gasteiger partial charge on any atom is -0.192 e. The zero-order chi connectivity index (χ0) is 17.6. The van der Waals surface area contributed by atoms with Gasteiger partial charge in [0.1, 0.15) is 0 Å². The van der Waals surface area contributed by atoms with Gasteiger partial charge in [-0.2, -0.15) is 5.26 Å². The largest absolute Gasteiger partial charge is 0.192 e. The molecule has 3 atom stereocenters. The number of benzene rings is 1. The lowest BCUT2D eigenvalue weighted by atomic mass is 9.52. The van der Waals surface area contributed by atoms with Gasteiger partial charge in [-0.25, -0.2) is 0 Å². The van der Waals surface area contributed by atoms with Crippen molar-refractivity contribution in [3.8, 4) is 6.07 Å². The predicted octanol–water partition coefficient (Wildman–Crippen LogP) is 7.07. The molecule has 0 radical (unpaired) electrons. The van der Waals surface area contributed by atoms with E-state index in [0.717, 1.165) is 35.2 Å². The molecule has 1 nitrogen and oxygen atoms in total. The van der Waals surface area contributed by atoms with Crippen LogP contribution in [-0.4, -0.2) is 0 Å². The Morgan fingerprint density at radius 1 is 0.920 bits per heavy atom. The van der Waals surface area contributed by atoms with E-state index in [9.17, 15) is 0 Å². The van der Waals surface area contributed by atoms with Gasteiger partial charge in [0, 0.05) is 0 Å². The standard InChI is InChI=1S/C13H13N.C11H22/c14-8-9-1-3-10(4-2-9)13-7-11-5-6-12(11)13;1-3-5-11-8-6-10(4-2)7-9-11/h1-4,11-13H,5-7H2;10-11H,3-9H2,1-2H3. The van der Waals surface area contributed by atoms with Gasteiger partial charge < -0.3 is 0 Å². The number of fused-ring (bicyclic) bond motifs is 1. The van der Waals surface area contributed by atoms with Gasteiger partial charge in [0.05, 0.1) is 11.6 Å². The van der Waals surface area contributed by atoms with Gasteiger partial charge in [0.25, 0.3) is 0 Å². The van der Waals surface area contributed by atoms with E-state index in [2.05, 4.69) is 32.0 Å². The van der Waals surface area contributed by atoms with E-state index < -0.39 is 0 Å². The summed E-state index contributed by atoms with van der Waals surface area (Å²) in [5.41, 5.74) is 2.23. The van der Waals surface area contributed by atoms with Crippen LogP contribution in [0.2, 0.25) is 0 Å². The van der Waals surface area contributed by atoms with Gasteiger partial charge in [-0.3, -0.25) is 0 Å². The molecule has 0 N–H and O–H groups in total. The maximum atomic E-state index is 8.69. The first kappa shape index (κ1) is 18.5. The fourth-order valence-electron chi connectivity index (χ4n) is 5.25. The molecule has 1 heteroatoms. The second-order valence-electron chi connectivity index (χ2n) is 8.66. The molecule has 0 aliphatic heterocycles. The first-order chi connectivity index (χ1) is 12.2. The fourth-order valence-corrected chi connectivity index (χ4v) is 5.25. The highest BCUT2D eigenvalue weighted by molar-refractivity contribution is 5.34. The molecule has 3 saturated carbocycles. The van der Waals surface area contributed by atoms with Crippen molar-refractivity contribution in [3.63, 3.8) is 0 Å². The highest BCUT2D eigenvalue weighted by atomic mass is 14.5. The smallest absolute Gasteiger partial charge is 0.0991 e. The molecule has 0 heterocycles. The molecule has 3 aliphatic rings. The summed E-state index contributed by atoms with van der Waals surface area (Å²) in [5.74, 6) is 4.98. The van der Waals surface area contributed by atoms with Gasteiger partial charge in [0.2, 0.25) is 0 Å². The van der Waals surface area contributed by atoms with Crippen molar-refractivity contribution in [3.05, 3.63) is 35.4 Å². The second kappa shape index (κ2) is 8.88. The summed E-state index contributed by atoms with van der Waals surface area (Å²) in [4.78, 5) is 0. The molecule has 4 rings (SSSR count). The molecule has 25 heavy (non-hydrogen) atoms. The van der Waals surface area contributed by atoms with Gasteiger partial charge in [-0.05, 0) is 66.5 Å². The van der Waals surface area contributed by atoms with Crippen LogP contribution in [0.3, 0.4) is 0 Å². The maximum absolute atomic E-state index is 8.69. The molecule has 3 unspecified atom stereocenters. The maximum Gasteiger partial charge on any atom is 0.0991 e. The van der Waals surface area contributed by atoms with Crippen LogP contribution >= 0.6 is 0 Å². The summed E-state index contributed by atoms with van der Waals surface area (Å²) in [5, 5.41) is 8.69. The molecule has 3 fully saturated rings. The summed E-state index contributed by atoms with van der Waals surface area (Å²) in [6, 6.07) is 10.3. The van der Waals surface area contributed by atoms with Crippen molar-refractivity contribution in [2.75, 3.05) is 0 Å². The van der Waals surface area contributed by atoms with Crippen LogP contribution in [0.1, 0.15) is 95.1 Å². The molecular weight excluding hydrogens is 302 g/mol. The summed E-state index contributed by atoms with van der Waals surface area (Å²) < 4.78 is 0. The summed E-state index contributed by atoms with van der Waals surface area (Å²) in [6.07, 6.45) is 14.6. The van der Waals surface area contributed by atoms with Crippen molar-refractivity contribution in [2.24, 2.45) is 23.7 Å². The highest BCUT2D eigenvalue weighted by Crippen LogP contribution is 2.58. The lowest BCUT2D eigenvalue weighted by Gasteiger charge is -2.53. The van der Waals surface area contributed by atoms with E-state index in [0.29, 0.717) is 0 Å². The Bertz CT molecular complexity index is 559. The van der Waals surface area contributed by atoms with E-state index >= 15 is 0 Å². The van der Waals surface area contributed by atoms with E-state index in [-0.39, 0.29) is 0 Å². The van der Waals surface area contributed by atoms with Crippen molar-refractivity contribution < 1.29 is 0 Å². The van der Waals surface area contributed by atoms with Crippen LogP contribution in [0.4, 0.5) is 0 Å². The van der Waals surface area contributed by atoms with Gasteiger partial charge >= 0.3 is 0 Å². The summed E-state index contributed by atoms with van der Waals surface area (Å²) in [7, 11) is 0. The molecule has 0 bridgehead atoms. The first-order valence-corrected chi connectivity index (χ1v) is 10.7. The zero-order valence-electron chi connectivity index (χ0n) is 16.2. The normalized spacial score (nSPS) is 32.9. The number of nitriles is 1. The average molecular weight is 338 g/mol. The molecule has 0 saturated heterocycles. The van der Waals surface area contributed by atoms with Crippen LogP contribution in [0.25, 0.3) is 0 Å². The van der Waals surface area contributed by atoms with Crippen LogP contribution < -0.4 is 0 Å². The molecule has 1 aromatic carbocycles. The molecule has 136 valence electrons. The van der Waals surface area contributed by atoms with Crippen LogP contribution in [-0.2, 0) is 0 Å². The number of nitrogens with zero attached hydrogens (tertiary/aromatic N) is 1. The Hall–Kier alpha value is -1.29. The number of hydrogen-bond donors (Lipinski definition) is 0. The number of hydrogen-bond acceptors (Lipinski definition) is 1. The van der Waals surface area contributed by atoms with Crippen molar-refractivity contribution >= 4 is 0 Å². The minimum absolute atomic E-state index is 0.776. The number of rotatable bonds is 4. The summed E-state index contributed by atoms with van der Waals surface area (Å²) in [6.45, 7) is 4.65. The highest BCUT2D eigenvalue weighted by Gasteiger charge is 2.47. The Morgan fingerprint density at radius 3 is 2.04 bits per heavy atom. The van der Waals surface area contributed by atoms with Crippen molar-refractivity contribution in [1.82, 2.24) is 0 Å². The zero-order valence-corrected chi connectivity index (χ0v) is 16.2. The average Bonchev–Trinajstić information content (AvgIpc) is 2.65. The minimum atomic E-state index is 0.776. The van der Waals surface area contributed by atoms with E-state index in [1.54, 1.807) is 0 Å². The molecule has 3 aliphatic carbocycles. The second-order valence-corrected chi connectivity index (χ2v) is 8.66. The van der Waals surface area contributed by atoms with E-state index in [4.69, 9.17) is 5.26 Å². The first-order valence-electron chi connectivity index (χ1n) is 10.7. The molecular formula is C24H35N. The third kappa shape index (κ3) is 4.46.